The second-order valence-electron chi connectivity index (χ2n) is 9.02. The SMILES string of the molecule is COC(=O)[N+](C(C)=O)(c1ccccc1)C1(C)CC[N+](C)(CCc2ccccc2)CC1. The van der Waals surface area contributed by atoms with Gasteiger partial charge in [0.25, 0.3) is 0 Å². The molecule has 1 fully saturated rings. The fourth-order valence-corrected chi connectivity index (χ4v) is 4.98. The molecular formula is C25H34N2O3+2. The van der Waals surface area contributed by atoms with Crippen molar-refractivity contribution in [1.82, 2.24) is 4.48 Å². The van der Waals surface area contributed by atoms with Gasteiger partial charge in [-0.05, 0) is 12.5 Å². The van der Waals surface area contributed by atoms with E-state index in [0.717, 1.165) is 43.4 Å². The van der Waals surface area contributed by atoms with Gasteiger partial charge >= 0.3 is 12.0 Å². The van der Waals surface area contributed by atoms with E-state index in [1.807, 2.05) is 36.4 Å². The van der Waals surface area contributed by atoms with Crippen molar-refractivity contribution in [2.24, 2.45) is 0 Å². The highest BCUT2D eigenvalue weighted by Gasteiger charge is 2.62. The van der Waals surface area contributed by atoms with Gasteiger partial charge in [0.1, 0.15) is 5.54 Å². The number of methoxy groups -OCH3 is 1. The third-order valence-electron chi connectivity index (χ3n) is 7.04. The van der Waals surface area contributed by atoms with Crippen molar-refractivity contribution in [3.8, 4) is 0 Å². The van der Waals surface area contributed by atoms with Crippen LogP contribution in [0.2, 0.25) is 0 Å². The molecule has 1 aliphatic rings. The number of likely N-dealkylation sites (N-methyl/N-ethyl adjacent to an activating group) is 1. The van der Waals surface area contributed by atoms with Crippen LogP contribution in [-0.2, 0) is 16.0 Å². The average Bonchev–Trinajstić information content (AvgIpc) is 2.76. The van der Waals surface area contributed by atoms with Crippen molar-refractivity contribution in [3.05, 3.63) is 66.2 Å². The van der Waals surface area contributed by atoms with Gasteiger partial charge in [0.05, 0.1) is 53.6 Å². The normalized spacial score (nSPS) is 25.9. The predicted octanol–water partition coefficient (Wildman–Crippen LogP) is 4.55. The van der Waals surface area contributed by atoms with E-state index in [4.69, 9.17) is 4.74 Å². The Bertz CT molecular complexity index is 874. The number of hydrogen-bond donors (Lipinski definition) is 0. The molecule has 1 heterocycles. The Hall–Kier alpha value is -2.50. The van der Waals surface area contributed by atoms with Crippen LogP contribution in [0, 0.1) is 0 Å². The molecule has 5 heteroatoms. The van der Waals surface area contributed by atoms with E-state index in [-0.39, 0.29) is 10.4 Å². The van der Waals surface area contributed by atoms with Gasteiger partial charge in [-0.25, -0.2) is 4.79 Å². The summed E-state index contributed by atoms with van der Waals surface area (Å²) in [7, 11) is 3.65. The van der Waals surface area contributed by atoms with Crippen molar-refractivity contribution in [2.45, 2.75) is 38.6 Å². The summed E-state index contributed by atoms with van der Waals surface area (Å²) in [6.45, 7) is 6.46. The summed E-state index contributed by atoms with van der Waals surface area (Å²) in [5.41, 5.74) is 1.47. The molecule has 2 aromatic carbocycles. The Kier molecular flexibility index (Phi) is 6.44. The van der Waals surface area contributed by atoms with Crippen LogP contribution in [0.4, 0.5) is 10.5 Å². The van der Waals surface area contributed by atoms with Crippen molar-refractivity contribution in [1.29, 1.82) is 0 Å². The maximum atomic E-state index is 13.2. The first kappa shape index (κ1) is 22.2. The first-order valence-electron chi connectivity index (χ1n) is 10.7. The number of rotatable bonds is 5. The number of likely N-dealkylation sites (tertiary alicyclic amines) is 1. The van der Waals surface area contributed by atoms with Crippen LogP contribution < -0.4 is 4.48 Å². The fraction of sp³-hybridized carbons (Fsp3) is 0.440. The number of quaternary nitrogens is 2. The molecule has 1 saturated heterocycles. The Morgan fingerprint density at radius 2 is 1.53 bits per heavy atom. The smallest absolute Gasteiger partial charge is 0.423 e. The van der Waals surface area contributed by atoms with E-state index in [0.29, 0.717) is 5.69 Å². The number of carbonyl (C=O) groups excluding carboxylic acids is 2. The number of carbonyl (C=O) groups is 2. The number of nitrogens with zero attached hydrogens (tertiary/aromatic N) is 2. The Morgan fingerprint density at radius 3 is 2.03 bits per heavy atom. The zero-order valence-electron chi connectivity index (χ0n) is 18.6. The predicted molar refractivity (Wildman–Crippen MR) is 120 cm³/mol. The molecule has 0 spiro atoms. The third-order valence-corrected chi connectivity index (χ3v) is 7.04. The van der Waals surface area contributed by atoms with E-state index >= 15 is 0 Å². The van der Waals surface area contributed by atoms with Gasteiger partial charge in [0, 0.05) is 18.6 Å². The Morgan fingerprint density at radius 1 is 1.00 bits per heavy atom. The van der Waals surface area contributed by atoms with Crippen molar-refractivity contribution in [3.63, 3.8) is 0 Å². The molecule has 2 aromatic rings. The summed E-state index contributed by atoms with van der Waals surface area (Å²) in [5, 5.41) is 0. The highest BCUT2D eigenvalue weighted by Crippen LogP contribution is 2.42. The number of para-hydroxylation sites is 1. The lowest BCUT2D eigenvalue weighted by Gasteiger charge is -2.51. The standard InChI is InChI=1S/C25H34N2O3/c1-21(28)27(24(29)30-4,23-13-9-6-10-14-23)25(2)16-19-26(3,20-17-25)18-15-22-11-7-5-8-12-22/h5-14H,15-20H2,1-4H3/q+2. The molecule has 2 amide bonds. The number of piperidine rings is 1. The van der Waals surface area contributed by atoms with E-state index in [1.54, 1.807) is 0 Å². The number of amides is 2. The van der Waals surface area contributed by atoms with Crippen LogP contribution in [0.5, 0.6) is 0 Å². The quantitative estimate of drug-likeness (QED) is 0.679. The molecule has 1 aliphatic heterocycles. The molecule has 1 unspecified atom stereocenters. The Labute approximate surface area is 180 Å². The van der Waals surface area contributed by atoms with Gasteiger partial charge < -0.3 is 9.22 Å². The van der Waals surface area contributed by atoms with Crippen molar-refractivity contribution >= 4 is 17.7 Å². The molecule has 0 saturated carbocycles. The largest absolute Gasteiger partial charge is 0.529 e. The van der Waals surface area contributed by atoms with Crippen LogP contribution in [0.3, 0.4) is 0 Å². The fourth-order valence-electron chi connectivity index (χ4n) is 4.98. The second-order valence-corrected chi connectivity index (χ2v) is 9.02. The number of ether oxygens (including phenoxy) is 1. The number of benzene rings is 2. The molecule has 0 aromatic heterocycles. The summed E-state index contributed by atoms with van der Waals surface area (Å²) in [6, 6.07) is 19.9. The first-order valence-corrected chi connectivity index (χ1v) is 10.7. The van der Waals surface area contributed by atoms with Crippen LogP contribution in [0.25, 0.3) is 0 Å². The molecule has 160 valence electrons. The summed E-state index contributed by atoms with van der Waals surface area (Å²) in [4.78, 5) is 26.3. The average molecular weight is 411 g/mol. The maximum Gasteiger partial charge on any atom is 0.529 e. The molecule has 1 atom stereocenters. The third kappa shape index (κ3) is 3.92. The molecule has 0 radical (unpaired) electrons. The summed E-state index contributed by atoms with van der Waals surface area (Å²) in [5.74, 6) is -0.198. The molecule has 0 aliphatic carbocycles. The van der Waals surface area contributed by atoms with Crippen LogP contribution in [-0.4, -0.2) is 55.8 Å². The van der Waals surface area contributed by atoms with Gasteiger partial charge in [-0.1, -0.05) is 48.5 Å². The van der Waals surface area contributed by atoms with E-state index < -0.39 is 11.6 Å². The van der Waals surface area contributed by atoms with Crippen LogP contribution in [0.15, 0.2) is 60.7 Å². The lowest BCUT2D eigenvalue weighted by molar-refractivity contribution is -0.915. The van der Waals surface area contributed by atoms with Crippen LogP contribution in [0.1, 0.15) is 32.3 Å². The monoisotopic (exact) mass is 410 g/mol. The zero-order valence-corrected chi connectivity index (χ0v) is 18.6. The highest BCUT2D eigenvalue weighted by atomic mass is 16.5. The first-order chi connectivity index (χ1) is 14.3. The van der Waals surface area contributed by atoms with E-state index in [2.05, 4.69) is 38.2 Å². The number of imide groups is 1. The molecular weight excluding hydrogens is 376 g/mol. The van der Waals surface area contributed by atoms with E-state index in [9.17, 15) is 9.59 Å². The maximum absolute atomic E-state index is 13.2. The summed E-state index contributed by atoms with van der Waals surface area (Å²) < 4.78 is 5.77. The summed E-state index contributed by atoms with van der Waals surface area (Å²) in [6.07, 6.45) is 2.05. The van der Waals surface area contributed by atoms with Crippen molar-refractivity contribution < 1.29 is 18.8 Å². The molecule has 3 rings (SSSR count). The second kappa shape index (κ2) is 8.70. The minimum Gasteiger partial charge on any atom is -0.423 e. The molecule has 0 bridgehead atoms. The molecule has 30 heavy (non-hydrogen) atoms. The topological polar surface area (TPSA) is 43.4 Å². The van der Waals surface area contributed by atoms with Gasteiger partial charge in [-0.3, -0.25) is 0 Å². The summed E-state index contributed by atoms with van der Waals surface area (Å²) >= 11 is 0. The lowest BCUT2D eigenvalue weighted by Crippen LogP contribution is -2.73. The Balaban J connectivity index is 1.87. The highest BCUT2D eigenvalue weighted by molar-refractivity contribution is 6.06. The van der Waals surface area contributed by atoms with Gasteiger partial charge in [0.2, 0.25) is 0 Å². The zero-order chi connectivity index (χ0) is 21.8. The van der Waals surface area contributed by atoms with Gasteiger partial charge in [-0.2, -0.15) is 4.79 Å². The molecule has 5 nitrogen and oxygen atoms in total. The lowest BCUT2D eigenvalue weighted by atomic mass is 9.83. The van der Waals surface area contributed by atoms with E-state index in [1.165, 1.54) is 19.6 Å². The van der Waals surface area contributed by atoms with Gasteiger partial charge in [-0.15, -0.1) is 4.48 Å². The van der Waals surface area contributed by atoms with Crippen LogP contribution >= 0.6 is 0 Å². The van der Waals surface area contributed by atoms with Gasteiger partial charge in [0.15, 0.2) is 5.69 Å². The minimum atomic E-state index is -0.551. The molecule has 0 N–H and O–H groups in total. The minimum absolute atomic E-state index is 0.198. The number of hydrogen-bond acceptors (Lipinski definition) is 3. The van der Waals surface area contributed by atoms with Crippen molar-refractivity contribution in [2.75, 3.05) is 33.8 Å².